The Hall–Kier alpha value is -2.75. The molecule has 0 radical (unpaired) electrons. The molecule has 3 aromatic rings. The van der Waals surface area contributed by atoms with Gasteiger partial charge in [0.15, 0.2) is 0 Å². The largest absolute Gasteiger partial charge is 0.394 e. The number of rotatable bonds is 6. The Morgan fingerprint density at radius 1 is 1.14 bits per heavy atom. The lowest BCUT2D eigenvalue weighted by Crippen LogP contribution is -2.46. The summed E-state index contributed by atoms with van der Waals surface area (Å²) in [6.45, 7) is 5.38. The van der Waals surface area contributed by atoms with E-state index in [4.69, 9.17) is 0 Å². The van der Waals surface area contributed by atoms with Crippen LogP contribution in [0.2, 0.25) is 0 Å². The maximum atomic E-state index is 12.6. The number of aliphatic hydroxyl groups excluding tert-OH is 1. The molecule has 0 fully saturated rings. The molecule has 9 heteroatoms. The normalized spacial score (nSPS) is 13.4. The van der Waals surface area contributed by atoms with E-state index in [-0.39, 0.29) is 16.3 Å². The zero-order valence-electron chi connectivity index (χ0n) is 16.4. The van der Waals surface area contributed by atoms with Crippen molar-refractivity contribution < 1.29 is 18.3 Å². The number of amides is 1. The number of hydrogen-bond donors (Lipinski definition) is 4. The van der Waals surface area contributed by atoms with Gasteiger partial charge >= 0.3 is 0 Å². The molecule has 1 aromatic heterocycles. The highest BCUT2D eigenvalue weighted by atomic mass is 32.2. The van der Waals surface area contributed by atoms with Gasteiger partial charge in [-0.15, -0.1) is 0 Å². The molecule has 1 unspecified atom stereocenters. The van der Waals surface area contributed by atoms with E-state index in [1.165, 1.54) is 12.1 Å². The molecule has 1 heterocycles. The van der Waals surface area contributed by atoms with Crippen molar-refractivity contribution in [2.45, 2.75) is 37.1 Å². The second-order valence-corrected chi connectivity index (χ2v) is 9.44. The van der Waals surface area contributed by atoms with E-state index in [0.717, 1.165) is 11.1 Å². The Morgan fingerprint density at radius 3 is 2.38 bits per heavy atom. The molecule has 4 N–H and O–H groups in total. The molecule has 8 nitrogen and oxygen atoms in total. The summed E-state index contributed by atoms with van der Waals surface area (Å²) >= 11 is 0. The average Bonchev–Trinajstić information content (AvgIpc) is 3.07. The van der Waals surface area contributed by atoms with Crippen molar-refractivity contribution >= 4 is 32.9 Å². The van der Waals surface area contributed by atoms with Gasteiger partial charge in [0.1, 0.15) is 6.04 Å². The van der Waals surface area contributed by atoms with Crippen LogP contribution in [0.15, 0.2) is 53.4 Å². The summed E-state index contributed by atoms with van der Waals surface area (Å²) < 4.78 is 27.5. The second kappa shape index (κ2) is 7.94. The monoisotopic (exact) mass is 416 g/mol. The predicted octanol–water partition coefficient (Wildman–Crippen LogP) is 2.14. The van der Waals surface area contributed by atoms with Gasteiger partial charge in [-0.05, 0) is 35.2 Å². The number of nitrogens with one attached hydrogen (secondary N) is 3. The molecule has 2 aromatic carbocycles. The predicted molar refractivity (Wildman–Crippen MR) is 111 cm³/mol. The van der Waals surface area contributed by atoms with Gasteiger partial charge in [-0.1, -0.05) is 45.0 Å². The molecule has 1 atom stereocenters. The maximum Gasteiger partial charge on any atom is 0.247 e. The van der Waals surface area contributed by atoms with E-state index in [2.05, 4.69) is 20.0 Å². The average molecular weight is 417 g/mol. The van der Waals surface area contributed by atoms with Gasteiger partial charge in [-0.2, -0.15) is 4.72 Å². The minimum Gasteiger partial charge on any atom is -0.394 e. The third-order valence-electron chi connectivity index (χ3n) is 4.46. The number of aromatic amines is 1. The van der Waals surface area contributed by atoms with Crippen LogP contribution in [-0.2, 0) is 20.2 Å². The van der Waals surface area contributed by atoms with Crippen molar-refractivity contribution in [1.29, 1.82) is 0 Å². The Bertz CT molecular complexity index is 1080. The number of hydrogen-bond acceptors (Lipinski definition) is 5. The molecule has 0 bridgehead atoms. The van der Waals surface area contributed by atoms with Crippen molar-refractivity contribution in [3.8, 4) is 0 Å². The smallest absolute Gasteiger partial charge is 0.247 e. The highest BCUT2D eigenvalue weighted by Gasteiger charge is 2.26. The van der Waals surface area contributed by atoms with Crippen LogP contribution in [0.4, 0.5) is 5.95 Å². The molecular formula is C20H24N4O4S. The van der Waals surface area contributed by atoms with Gasteiger partial charge in [0.05, 0.1) is 22.5 Å². The van der Waals surface area contributed by atoms with E-state index in [1.807, 2.05) is 32.9 Å². The van der Waals surface area contributed by atoms with Crippen LogP contribution in [0.1, 0.15) is 26.3 Å². The number of benzene rings is 2. The summed E-state index contributed by atoms with van der Waals surface area (Å²) in [7, 11) is -4.00. The molecule has 1 amide bonds. The fraction of sp³-hybridized carbons (Fsp3) is 0.300. The highest BCUT2D eigenvalue weighted by Crippen LogP contribution is 2.23. The molecule has 0 aliphatic carbocycles. The number of carbonyl (C=O) groups excluding carboxylic acids is 1. The zero-order valence-corrected chi connectivity index (χ0v) is 17.2. The van der Waals surface area contributed by atoms with Crippen LogP contribution >= 0.6 is 0 Å². The molecular weight excluding hydrogens is 392 g/mol. The van der Waals surface area contributed by atoms with Gasteiger partial charge in [-0.3, -0.25) is 10.1 Å². The Balaban J connectivity index is 1.74. The van der Waals surface area contributed by atoms with Crippen molar-refractivity contribution in [3.63, 3.8) is 0 Å². The van der Waals surface area contributed by atoms with Gasteiger partial charge in [-0.25, -0.2) is 13.4 Å². The van der Waals surface area contributed by atoms with E-state index in [0.29, 0.717) is 5.52 Å². The topological polar surface area (TPSA) is 124 Å². The van der Waals surface area contributed by atoms with Crippen molar-refractivity contribution in [3.05, 3.63) is 54.1 Å². The lowest BCUT2D eigenvalue weighted by molar-refractivity contribution is -0.118. The first-order valence-electron chi connectivity index (χ1n) is 9.09. The number of imidazole rings is 1. The number of fused-ring (bicyclic) bond motifs is 1. The van der Waals surface area contributed by atoms with Crippen molar-refractivity contribution in [2.24, 2.45) is 0 Å². The molecule has 154 valence electrons. The summed E-state index contributed by atoms with van der Waals surface area (Å²) in [4.78, 5) is 19.6. The number of nitrogens with zero attached hydrogens (tertiary/aromatic N) is 1. The summed E-state index contributed by atoms with van der Waals surface area (Å²) in [5.74, 6) is -0.551. The van der Waals surface area contributed by atoms with E-state index < -0.39 is 28.6 Å². The number of H-pyrrole nitrogens is 1. The number of anilines is 1. The van der Waals surface area contributed by atoms with Gasteiger partial charge in [0.25, 0.3) is 0 Å². The maximum absolute atomic E-state index is 12.6. The minimum absolute atomic E-state index is 0.0143. The zero-order chi connectivity index (χ0) is 21.2. The minimum atomic E-state index is -4.00. The Morgan fingerprint density at radius 2 is 1.79 bits per heavy atom. The summed E-state index contributed by atoms with van der Waals surface area (Å²) in [5, 5.41) is 12.0. The first-order chi connectivity index (χ1) is 13.6. The van der Waals surface area contributed by atoms with E-state index in [9.17, 15) is 18.3 Å². The SMILES string of the molecule is CC(C)(C)c1ccc(S(=O)(=O)NC(CO)C(=O)Nc2nc3ccccc3[nH]2)cc1. The number of carbonyl (C=O) groups is 1. The third-order valence-corrected chi connectivity index (χ3v) is 5.95. The molecule has 29 heavy (non-hydrogen) atoms. The van der Waals surface area contributed by atoms with Crippen LogP contribution in [0, 0.1) is 0 Å². The van der Waals surface area contributed by atoms with Gasteiger partial charge in [0, 0.05) is 0 Å². The standard InChI is InChI=1S/C20H24N4O4S/c1-20(2,3)13-8-10-14(11-9-13)29(27,28)24-17(12-25)18(26)23-19-21-15-6-4-5-7-16(15)22-19/h4-11,17,24-25H,12H2,1-3H3,(H2,21,22,23,26). The van der Waals surface area contributed by atoms with Gasteiger partial charge in [0.2, 0.25) is 21.9 Å². The van der Waals surface area contributed by atoms with Crippen molar-refractivity contribution in [1.82, 2.24) is 14.7 Å². The number of aromatic nitrogens is 2. The Labute approximate surface area is 169 Å². The van der Waals surface area contributed by atoms with E-state index in [1.54, 1.807) is 24.3 Å². The van der Waals surface area contributed by atoms with Crippen LogP contribution in [0.25, 0.3) is 11.0 Å². The molecule has 0 aliphatic rings. The third kappa shape index (κ3) is 4.81. The van der Waals surface area contributed by atoms with Gasteiger partial charge < -0.3 is 10.1 Å². The summed E-state index contributed by atoms with van der Waals surface area (Å²) in [5.41, 5.74) is 2.25. The van der Waals surface area contributed by atoms with Crippen molar-refractivity contribution in [2.75, 3.05) is 11.9 Å². The molecule has 0 aliphatic heterocycles. The second-order valence-electron chi connectivity index (χ2n) is 7.72. The molecule has 0 spiro atoms. The molecule has 0 saturated heterocycles. The fourth-order valence-electron chi connectivity index (χ4n) is 2.78. The number of para-hydroxylation sites is 2. The summed E-state index contributed by atoms with van der Waals surface area (Å²) in [6, 6.07) is 12.3. The van der Waals surface area contributed by atoms with Crippen LogP contribution in [0.5, 0.6) is 0 Å². The number of aliphatic hydroxyl groups is 1. The number of sulfonamides is 1. The Kier molecular flexibility index (Phi) is 5.74. The quantitative estimate of drug-likeness (QED) is 0.490. The van der Waals surface area contributed by atoms with Crippen LogP contribution in [0.3, 0.4) is 0 Å². The highest BCUT2D eigenvalue weighted by molar-refractivity contribution is 7.89. The molecule has 0 saturated carbocycles. The lowest BCUT2D eigenvalue weighted by Gasteiger charge is -2.20. The first-order valence-corrected chi connectivity index (χ1v) is 10.6. The first kappa shape index (κ1) is 21.0. The van der Waals surface area contributed by atoms with Crippen LogP contribution < -0.4 is 10.0 Å². The summed E-state index contributed by atoms with van der Waals surface area (Å²) in [6.07, 6.45) is 0. The molecule has 3 rings (SSSR count). The fourth-order valence-corrected chi connectivity index (χ4v) is 3.97. The lowest BCUT2D eigenvalue weighted by atomic mass is 9.87. The van der Waals surface area contributed by atoms with E-state index >= 15 is 0 Å². The van der Waals surface area contributed by atoms with Crippen LogP contribution in [-0.4, -0.2) is 42.0 Å².